The molecule has 0 spiro atoms. The van der Waals surface area contributed by atoms with Crippen LogP contribution in [0.15, 0.2) is 42.7 Å². The Kier molecular flexibility index (Phi) is 6.69. The van der Waals surface area contributed by atoms with E-state index in [0.717, 1.165) is 30.8 Å². The molecule has 1 aromatic heterocycles. The molecule has 1 aliphatic heterocycles. The highest BCUT2D eigenvalue weighted by molar-refractivity contribution is 5.94. The van der Waals surface area contributed by atoms with E-state index in [1.54, 1.807) is 13.3 Å². The van der Waals surface area contributed by atoms with Gasteiger partial charge in [-0.1, -0.05) is 19.1 Å². The smallest absolute Gasteiger partial charge is 0.252 e. The molecule has 2 aromatic rings. The van der Waals surface area contributed by atoms with Crippen LogP contribution in [0.1, 0.15) is 48.5 Å². The van der Waals surface area contributed by atoms with Gasteiger partial charge >= 0.3 is 0 Å². The van der Waals surface area contributed by atoms with Crippen molar-refractivity contribution < 1.29 is 9.53 Å². The van der Waals surface area contributed by atoms with E-state index in [9.17, 15) is 4.79 Å². The first-order valence-corrected chi connectivity index (χ1v) is 9.84. The fourth-order valence-electron chi connectivity index (χ4n) is 3.69. The van der Waals surface area contributed by atoms with E-state index in [2.05, 4.69) is 22.1 Å². The number of rotatable bonds is 7. The van der Waals surface area contributed by atoms with Gasteiger partial charge in [0.05, 0.1) is 24.6 Å². The molecule has 1 unspecified atom stereocenters. The van der Waals surface area contributed by atoms with Gasteiger partial charge in [0.1, 0.15) is 5.75 Å². The third kappa shape index (κ3) is 5.00. The fraction of sp³-hybridized carbons (Fsp3) is 0.455. The lowest BCUT2D eigenvalue weighted by Crippen LogP contribution is -2.39. The number of anilines is 1. The predicted molar refractivity (Wildman–Crippen MR) is 109 cm³/mol. The second-order valence-electron chi connectivity index (χ2n) is 7.04. The topological polar surface area (TPSA) is 54.5 Å². The highest BCUT2D eigenvalue weighted by Crippen LogP contribution is 2.26. The molecular formula is C22H29N3O2. The number of pyridine rings is 1. The van der Waals surface area contributed by atoms with Crippen LogP contribution in [0.25, 0.3) is 0 Å². The van der Waals surface area contributed by atoms with E-state index in [4.69, 9.17) is 4.74 Å². The summed E-state index contributed by atoms with van der Waals surface area (Å²) in [5.74, 6) is 0.775. The van der Waals surface area contributed by atoms with Gasteiger partial charge in [0.2, 0.25) is 0 Å². The zero-order chi connectivity index (χ0) is 19.1. The summed E-state index contributed by atoms with van der Waals surface area (Å²) in [5, 5.41) is 3.00. The molecule has 0 aliphatic carbocycles. The summed E-state index contributed by atoms with van der Waals surface area (Å²) < 4.78 is 5.17. The Morgan fingerprint density at radius 3 is 2.81 bits per heavy atom. The summed E-state index contributed by atoms with van der Waals surface area (Å²) in [5.41, 5.74) is 2.86. The summed E-state index contributed by atoms with van der Waals surface area (Å²) in [6, 6.07) is 10.4. The molecule has 5 heteroatoms. The molecule has 2 heterocycles. The van der Waals surface area contributed by atoms with Crippen molar-refractivity contribution in [2.45, 2.75) is 45.1 Å². The highest BCUT2D eigenvalue weighted by Gasteiger charge is 2.22. The van der Waals surface area contributed by atoms with Crippen LogP contribution in [0, 0.1) is 0 Å². The highest BCUT2D eigenvalue weighted by atomic mass is 16.5. The molecule has 1 aromatic carbocycles. The van der Waals surface area contributed by atoms with Gasteiger partial charge < -0.3 is 15.0 Å². The Balaban J connectivity index is 1.58. The maximum Gasteiger partial charge on any atom is 0.252 e. The van der Waals surface area contributed by atoms with E-state index >= 15 is 0 Å². The van der Waals surface area contributed by atoms with Gasteiger partial charge in [-0.15, -0.1) is 0 Å². The molecule has 3 rings (SSSR count). The number of ether oxygens (including phenoxy) is 1. The van der Waals surface area contributed by atoms with Crippen molar-refractivity contribution in [3.05, 3.63) is 53.9 Å². The minimum atomic E-state index is -0.0667. The summed E-state index contributed by atoms with van der Waals surface area (Å²) in [6.07, 6.45) is 9.14. The van der Waals surface area contributed by atoms with Crippen LogP contribution in [0.4, 0.5) is 5.69 Å². The maximum atomic E-state index is 12.5. The van der Waals surface area contributed by atoms with Gasteiger partial charge in [-0.25, -0.2) is 0 Å². The number of piperidine rings is 1. The van der Waals surface area contributed by atoms with Crippen molar-refractivity contribution in [1.82, 2.24) is 10.3 Å². The third-order valence-corrected chi connectivity index (χ3v) is 5.27. The molecule has 144 valence electrons. The first kappa shape index (κ1) is 19.2. The number of hydrogen-bond donors (Lipinski definition) is 1. The number of methoxy groups -OCH3 is 1. The summed E-state index contributed by atoms with van der Waals surface area (Å²) in [4.78, 5) is 19.3. The lowest BCUT2D eigenvalue weighted by Gasteiger charge is -2.37. The van der Waals surface area contributed by atoms with Crippen molar-refractivity contribution in [2.24, 2.45) is 0 Å². The molecule has 1 fully saturated rings. The number of benzene rings is 1. The standard InChI is InChI=1S/C22H29N3O2/c1-3-19-6-4-5-13-25(19)20-14-18(15-23-16-20)22(26)24-12-11-17-7-9-21(27-2)10-8-17/h7-10,14-16,19H,3-6,11-13H2,1-2H3,(H,24,26). The predicted octanol–water partition coefficient (Wildman–Crippen LogP) is 3.83. The minimum Gasteiger partial charge on any atom is -0.497 e. The molecule has 0 saturated carbocycles. The number of hydrogen-bond acceptors (Lipinski definition) is 4. The molecule has 27 heavy (non-hydrogen) atoms. The molecule has 1 atom stereocenters. The first-order valence-electron chi connectivity index (χ1n) is 9.84. The Hall–Kier alpha value is -2.56. The molecule has 1 saturated heterocycles. The zero-order valence-electron chi connectivity index (χ0n) is 16.3. The van der Waals surface area contributed by atoms with Gasteiger partial charge in [0, 0.05) is 25.3 Å². The van der Waals surface area contributed by atoms with Crippen LogP contribution in [0.3, 0.4) is 0 Å². The van der Waals surface area contributed by atoms with Crippen LogP contribution in [0.2, 0.25) is 0 Å². The largest absolute Gasteiger partial charge is 0.497 e. The molecular weight excluding hydrogens is 338 g/mol. The Morgan fingerprint density at radius 1 is 1.26 bits per heavy atom. The second-order valence-corrected chi connectivity index (χ2v) is 7.04. The number of amides is 1. The molecule has 5 nitrogen and oxygen atoms in total. The second kappa shape index (κ2) is 9.40. The maximum absolute atomic E-state index is 12.5. The SMILES string of the molecule is CCC1CCCCN1c1cncc(C(=O)NCCc2ccc(OC)cc2)c1. The average molecular weight is 367 g/mol. The van der Waals surface area contributed by atoms with E-state index in [0.29, 0.717) is 18.2 Å². The first-order chi connectivity index (χ1) is 13.2. The Morgan fingerprint density at radius 2 is 2.07 bits per heavy atom. The quantitative estimate of drug-likeness (QED) is 0.808. The Labute approximate surface area is 161 Å². The van der Waals surface area contributed by atoms with Crippen LogP contribution in [0.5, 0.6) is 5.75 Å². The van der Waals surface area contributed by atoms with Gasteiger partial charge in [-0.2, -0.15) is 0 Å². The normalized spacial score (nSPS) is 16.8. The number of nitrogens with one attached hydrogen (secondary N) is 1. The monoisotopic (exact) mass is 367 g/mol. The summed E-state index contributed by atoms with van der Waals surface area (Å²) in [6.45, 7) is 3.87. The van der Waals surface area contributed by atoms with Crippen LogP contribution < -0.4 is 15.0 Å². The average Bonchev–Trinajstić information content (AvgIpc) is 2.74. The number of nitrogens with zero attached hydrogens (tertiary/aromatic N) is 2. The number of carbonyl (C=O) groups excluding carboxylic acids is 1. The van der Waals surface area contributed by atoms with E-state index in [1.807, 2.05) is 36.5 Å². The molecule has 0 bridgehead atoms. The molecule has 0 radical (unpaired) electrons. The van der Waals surface area contributed by atoms with E-state index in [-0.39, 0.29) is 5.91 Å². The van der Waals surface area contributed by atoms with Crippen molar-refractivity contribution in [2.75, 3.05) is 25.1 Å². The van der Waals surface area contributed by atoms with Crippen LogP contribution in [-0.2, 0) is 6.42 Å². The number of carbonyl (C=O) groups is 1. The van der Waals surface area contributed by atoms with Gasteiger partial charge in [0.25, 0.3) is 5.91 Å². The van der Waals surface area contributed by atoms with Crippen molar-refractivity contribution >= 4 is 11.6 Å². The minimum absolute atomic E-state index is 0.0667. The number of aromatic nitrogens is 1. The van der Waals surface area contributed by atoms with E-state index < -0.39 is 0 Å². The molecule has 1 amide bonds. The van der Waals surface area contributed by atoms with Crippen LogP contribution in [-0.4, -0.2) is 37.1 Å². The van der Waals surface area contributed by atoms with Gasteiger partial charge in [0.15, 0.2) is 0 Å². The zero-order valence-corrected chi connectivity index (χ0v) is 16.3. The van der Waals surface area contributed by atoms with E-state index in [1.165, 1.54) is 24.8 Å². The van der Waals surface area contributed by atoms with Crippen molar-refractivity contribution in [1.29, 1.82) is 0 Å². The van der Waals surface area contributed by atoms with Gasteiger partial charge in [-0.3, -0.25) is 9.78 Å². The fourth-order valence-corrected chi connectivity index (χ4v) is 3.69. The third-order valence-electron chi connectivity index (χ3n) is 5.27. The van der Waals surface area contributed by atoms with Gasteiger partial charge in [-0.05, 0) is 55.9 Å². The Bertz CT molecular complexity index is 745. The molecule has 1 N–H and O–H groups in total. The lowest BCUT2D eigenvalue weighted by molar-refractivity contribution is 0.0954. The van der Waals surface area contributed by atoms with Crippen molar-refractivity contribution in [3.63, 3.8) is 0 Å². The summed E-state index contributed by atoms with van der Waals surface area (Å²) >= 11 is 0. The van der Waals surface area contributed by atoms with Crippen molar-refractivity contribution in [3.8, 4) is 5.75 Å². The summed E-state index contributed by atoms with van der Waals surface area (Å²) in [7, 11) is 1.66. The molecule has 1 aliphatic rings. The van der Waals surface area contributed by atoms with Crippen LogP contribution >= 0.6 is 0 Å². The lowest BCUT2D eigenvalue weighted by atomic mass is 9.99.